The van der Waals surface area contributed by atoms with Crippen molar-refractivity contribution in [2.45, 2.75) is 19.9 Å². The molecule has 7 heteroatoms. The molecular weight excluding hydrogens is 360 g/mol. The third-order valence-corrected chi connectivity index (χ3v) is 4.35. The van der Waals surface area contributed by atoms with Gasteiger partial charge in [-0.05, 0) is 40.5 Å². The SMILES string of the molecule is Cc1cc(C(=O)N2CCc3nc4ncc(Br)cc4cc3C2)no1. The molecule has 1 aliphatic heterocycles. The van der Waals surface area contributed by atoms with Crippen LogP contribution in [0.15, 0.2) is 33.4 Å². The van der Waals surface area contributed by atoms with Crippen molar-refractivity contribution >= 4 is 32.9 Å². The molecule has 0 spiro atoms. The van der Waals surface area contributed by atoms with E-state index < -0.39 is 0 Å². The zero-order valence-corrected chi connectivity index (χ0v) is 14.0. The molecule has 0 radical (unpaired) electrons. The molecule has 0 saturated heterocycles. The first-order chi connectivity index (χ1) is 11.1. The Morgan fingerprint density at radius 3 is 3.00 bits per heavy atom. The van der Waals surface area contributed by atoms with E-state index in [1.165, 1.54) is 0 Å². The molecule has 3 aromatic heterocycles. The molecule has 0 fully saturated rings. The molecule has 0 N–H and O–H groups in total. The van der Waals surface area contributed by atoms with Gasteiger partial charge in [-0.2, -0.15) is 0 Å². The first kappa shape index (κ1) is 14.3. The lowest BCUT2D eigenvalue weighted by Crippen LogP contribution is -2.36. The van der Waals surface area contributed by atoms with Crippen LogP contribution in [0.25, 0.3) is 11.0 Å². The summed E-state index contributed by atoms with van der Waals surface area (Å²) in [5.74, 6) is 0.523. The molecule has 23 heavy (non-hydrogen) atoms. The predicted molar refractivity (Wildman–Crippen MR) is 86.9 cm³/mol. The van der Waals surface area contributed by atoms with E-state index in [2.05, 4.69) is 37.1 Å². The highest BCUT2D eigenvalue weighted by molar-refractivity contribution is 9.10. The number of carbonyl (C=O) groups excluding carboxylic acids is 1. The Hall–Kier alpha value is -2.28. The maximum Gasteiger partial charge on any atom is 0.276 e. The standard InChI is InChI=1S/C16H13BrN4O2/c1-9-4-14(20-23-9)16(22)21-3-2-13-11(8-21)5-10-6-12(17)7-18-15(10)19-13/h4-7H,2-3,8H2,1H3. The van der Waals surface area contributed by atoms with Crippen molar-refractivity contribution in [2.75, 3.05) is 6.54 Å². The Morgan fingerprint density at radius 2 is 2.22 bits per heavy atom. The van der Waals surface area contributed by atoms with Crippen molar-refractivity contribution in [3.63, 3.8) is 0 Å². The molecule has 0 unspecified atom stereocenters. The summed E-state index contributed by atoms with van der Waals surface area (Å²) < 4.78 is 5.90. The Balaban J connectivity index is 1.67. The Bertz CT molecular complexity index is 922. The topological polar surface area (TPSA) is 72.1 Å². The van der Waals surface area contributed by atoms with Gasteiger partial charge in [0.2, 0.25) is 0 Å². The van der Waals surface area contributed by atoms with Gasteiger partial charge < -0.3 is 9.42 Å². The molecule has 4 rings (SSSR count). The molecular formula is C16H13BrN4O2. The summed E-state index contributed by atoms with van der Waals surface area (Å²) in [4.78, 5) is 23.2. The van der Waals surface area contributed by atoms with Gasteiger partial charge >= 0.3 is 0 Å². The molecule has 0 atom stereocenters. The third-order valence-electron chi connectivity index (χ3n) is 3.92. The normalized spacial score (nSPS) is 14.1. The van der Waals surface area contributed by atoms with Crippen LogP contribution in [-0.2, 0) is 13.0 Å². The highest BCUT2D eigenvalue weighted by Gasteiger charge is 2.25. The number of hydrogen-bond acceptors (Lipinski definition) is 5. The van der Waals surface area contributed by atoms with Crippen molar-refractivity contribution in [3.05, 3.63) is 51.6 Å². The van der Waals surface area contributed by atoms with Crippen LogP contribution in [0.3, 0.4) is 0 Å². The van der Waals surface area contributed by atoms with E-state index in [9.17, 15) is 4.79 Å². The van der Waals surface area contributed by atoms with Crippen LogP contribution in [0.4, 0.5) is 0 Å². The lowest BCUT2D eigenvalue weighted by Gasteiger charge is -2.27. The number of hydrogen-bond donors (Lipinski definition) is 0. The summed E-state index contributed by atoms with van der Waals surface area (Å²) in [5, 5.41) is 4.77. The Morgan fingerprint density at radius 1 is 1.35 bits per heavy atom. The summed E-state index contributed by atoms with van der Waals surface area (Å²) >= 11 is 3.42. The molecule has 0 aromatic carbocycles. The van der Waals surface area contributed by atoms with E-state index in [0.29, 0.717) is 31.0 Å². The fourth-order valence-corrected chi connectivity index (χ4v) is 3.15. The van der Waals surface area contributed by atoms with Crippen LogP contribution in [-0.4, -0.2) is 32.5 Å². The summed E-state index contributed by atoms with van der Waals surface area (Å²) in [6.45, 7) is 2.92. The van der Waals surface area contributed by atoms with Gasteiger partial charge in [0, 0.05) is 47.3 Å². The van der Waals surface area contributed by atoms with Gasteiger partial charge in [-0.15, -0.1) is 0 Å². The van der Waals surface area contributed by atoms with Gasteiger partial charge in [-0.3, -0.25) is 4.79 Å². The second-order valence-corrected chi connectivity index (χ2v) is 6.51. The third kappa shape index (κ3) is 2.61. The second-order valence-electron chi connectivity index (χ2n) is 5.59. The van der Waals surface area contributed by atoms with Crippen molar-refractivity contribution < 1.29 is 9.32 Å². The maximum atomic E-state index is 12.5. The summed E-state index contributed by atoms with van der Waals surface area (Å²) in [6, 6.07) is 5.71. The zero-order valence-electron chi connectivity index (χ0n) is 12.4. The summed E-state index contributed by atoms with van der Waals surface area (Å²) in [5.41, 5.74) is 3.15. The van der Waals surface area contributed by atoms with E-state index in [1.807, 2.05) is 6.07 Å². The zero-order chi connectivity index (χ0) is 16.0. The largest absolute Gasteiger partial charge is 0.361 e. The number of carbonyl (C=O) groups is 1. The smallest absolute Gasteiger partial charge is 0.276 e. The van der Waals surface area contributed by atoms with E-state index in [-0.39, 0.29) is 5.91 Å². The molecule has 6 nitrogen and oxygen atoms in total. The van der Waals surface area contributed by atoms with E-state index in [4.69, 9.17) is 4.52 Å². The highest BCUT2D eigenvalue weighted by Crippen LogP contribution is 2.24. The number of aromatic nitrogens is 3. The van der Waals surface area contributed by atoms with E-state index >= 15 is 0 Å². The lowest BCUT2D eigenvalue weighted by atomic mass is 10.0. The molecule has 1 amide bonds. The number of aryl methyl sites for hydroxylation is 1. The minimum atomic E-state index is -0.111. The van der Waals surface area contributed by atoms with Crippen LogP contribution in [0.1, 0.15) is 27.5 Å². The number of halogens is 1. The first-order valence-corrected chi connectivity index (χ1v) is 8.06. The second kappa shape index (κ2) is 5.42. The fraction of sp³-hybridized carbons (Fsp3) is 0.250. The van der Waals surface area contributed by atoms with Crippen molar-refractivity contribution in [3.8, 4) is 0 Å². The first-order valence-electron chi connectivity index (χ1n) is 7.27. The summed E-state index contributed by atoms with van der Waals surface area (Å²) in [7, 11) is 0. The minimum absolute atomic E-state index is 0.111. The van der Waals surface area contributed by atoms with Crippen molar-refractivity contribution in [1.82, 2.24) is 20.0 Å². The van der Waals surface area contributed by atoms with Crippen LogP contribution < -0.4 is 0 Å². The number of nitrogens with zero attached hydrogens (tertiary/aromatic N) is 4. The quantitative estimate of drug-likeness (QED) is 0.656. The molecule has 0 bridgehead atoms. The number of fused-ring (bicyclic) bond motifs is 2. The van der Waals surface area contributed by atoms with Gasteiger partial charge in [0.25, 0.3) is 5.91 Å². The van der Waals surface area contributed by atoms with Crippen LogP contribution in [0.5, 0.6) is 0 Å². The average molecular weight is 373 g/mol. The molecule has 1 aliphatic rings. The van der Waals surface area contributed by atoms with Gasteiger partial charge in [-0.25, -0.2) is 9.97 Å². The van der Waals surface area contributed by atoms with E-state index in [0.717, 1.165) is 26.8 Å². The van der Waals surface area contributed by atoms with Crippen molar-refractivity contribution in [2.24, 2.45) is 0 Å². The van der Waals surface area contributed by atoms with Gasteiger partial charge in [0.15, 0.2) is 11.3 Å². The minimum Gasteiger partial charge on any atom is -0.361 e. The monoisotopic (exact) mass is 372 g/mol. The van der Waals surface area contributed by atoms with Crippen LogP contribution in [0.2, 0.25) is 0 Å². The maximum absolute atomic E-state index is 12.5. The Labute approximate surface area is 140 Å². The fourth-order valence-electron chi connectivity index (χ4n) is 2.80. The molecule has 3 aromatic rings. The average Bonchev–Trinajstić information content (AvgIpc) is 2.98. The highest BCUT2D eigenvalue weighted by atomic mass is 79.9. The lowest BCUT2D eigenvalue weighted by molar-refractivity contribution is 0.0723. The van der Waals surface area contributed by atoms with Crippen LogP contribution in [0, 0.1) is 6.92 Å². The summed E-state index contributed by atoms with van der Waals surface area (Å²) in [6.07, 6.45) is 2.46. The van der Waals surface area contributed by atoms with Gasteiger partial charge in [-0.1, -0.05) is 5.16 Å². The van der Waals surface area contributed by atoms with Crippen LogP contribution >= 0.6 is 15.9 Å². The van der Waals surface area contributed by atoms with Gasteiger partial charge in [0.05, 0.1) is 0 Å². The predicted octanol–water partition coefficient (Wildman–Crippen LogP) is 2.89. The Kier molecular flexibility index (Phi) is 3.37. The molecule has 0 saturated carbocycles. The number of amides is 1. The van der Waals surface area contributed by atoms with E-state index in [1.54, 1.807) is 24.1 Å². The number of pyridine rings is 2. The van der Waals surface area contributed by atoms with Crippen molar-refractivity contribution in [1.29, 1.82) is 0 Å². The molecule has 116 valence electrons. The number of rotatable bonds is 1. The van der Waals surface area contributed by atoms with Gasteiger partial charge in [0.1, 0.15) is 5.76 Å². The molecule has 0 aliphatic carbocycles. The molecule has 4 heterocycles.